The Bertz CT molecular complexity index is 923. The number of amides is 1. The Balaban J connectivity index is 2.26. The van der Waals surface area contributed by atoms with Crippen LogP contribution >= 0.6 is 23.4 Å². The van der Waals surface area contributed by atoms with Gasteiger partial charge in [0.15, 0.2) is 0 Å². The van der Waals surface area contributed by atoms with E-state index in [1.165, 1.54) is 18.2 Å². The van der Waals surface area contributed by atoms with Gasteiger partial charge in [0.1, 0.15) is 11.6 Å². The maximum Gasteiger partial charge on any atom is 0.283 e. The van der Waals surface area contributed by atoms with Gasteiger partial charge in [-0.1, -0.05) is 17.7 Å². The van der Waals surface area contributed by atoms with Crippen molar-refractivity contribution in [3.63, 3.8) is 0 Å². The summed E-state index contributed by atoms with van der Waals surface area (Å²) in [5.74, 6) is -0.315. The van der Waals surface area contributed by atoms with E-state index in [4.69, 9.17) is 16.7 Å². The van der Waals surface area contributed by atoms with Crippen molar-refractivity contribution >= 4 is 46.7 Å². The van der Waals surface area contributed by atoms with Gasteiger partial charge in [0.25, 0.3) is 11.6 Å². The van der Waals surface area contributed by atoms with E-state index < -0.39 is 10.8 Å². The molecule has 1 amide bonds. The van der Waals surface area contributed by atoms with Crippen LogP contribution in [0.1, 0.15) is 5.56 Å². The lowest BCUT2D eigenvalue weighted by atomic mass is 10.1. The van der Waals surface area contributed by atoms with E-state index in [-0.39, 0.29) is 17.9 Å². The van der Waals surface area contributed by atoms with Crippen molar-refractivity contribution in [3.8, 4) is 6.07 Å². The SMILES string of the molecule is N#C/C(=C\c1ccc(SCCO)c([N+](=O)[O-])c1)C(=O)Nc1ccc(Cl)cc1. The van der Waals surface area contributed by atoms with E-state index in [1.807, 2.05) is 0 Å². The zero-order valence-corrected chi connectivity index (χ0v) is 15.5. The zero-order chi connectivity index (χ0) is 19.8. The number of anilines is 1. The minimum atomic E-state index is -0.638. The minimum absolute atomic E-state index is 0.104. The molecule has 2 aromatic carbocycles. The second-order valence-corrected chi connectivity index (χ2v) is 6.76. The highest BCUT2D eigenvalue weighted by Gasteiger charge is 2.16. The van der Waals surface area contributed by atoms with E-state index in [9.17, 15) is 20.2 Å². The van der Waals surface area contributed by atoms with Crippen LogP contribution in [0.4, 0.5) is 11.4 Å². The van der Waals surface area contributed by atoms with Gasteiger partial charge in [0.05, 0.1) is 16.4 Å². The Morgan fingerprint density at radius 2 is 2.04 bits per heavy atom. The summed E-state index contributed by atoms with van der Waals surface area (Å²) in [5.41, 5.74) is 0.456. The summed E-state index contributed by atoms with van der Waals surface area (Å²) in [6.45, 7) is -0.104. The third-order valence-corrected chi connectivity index (χ3v) is 4.60. The monoisotopic (exact) mass is 403 g/mol. The van der Waals surface area contributed by atoms with Crippen molar-refractivity contribution in [1.29, 1.82) is 5.26 Å². The largest absolute Gasteiger partial charge is 0.396 e. The molecule has 0 fully saturated rings. The van der Waals surface area contributed by atoms with Gasteiger partial charge in [-0.3, -0.25) is 14.9 Å². The van der Waals surface area contributed by atoms with Crippen LogP contribution in [-0.2, 0) is 4.79 Å². The summed E-state index contributed by atoms with van der Waals surface area (Å²) in [6, 6.07) is 12.5. The number of nitro groups is 1. The number of aliphatic hydroxyl groups excluding tert-OH is 1. The third-order valence-electron chi connectivity index (χ3n) is 3.31. The molecule has 0 aliphatic carbocycles. The molecule has 0 heterocycles. The number of carbonyl (C=O) groups excluding carboxylic acids is 1. The predicted octanol–water partition coefficient (Wildman–Crippen LogP) is 3.88. The van der Waals surface area contributed by atoms with Gasteiger partial charge >= 0.3 is 0 Å². The number of nitrogens with one attached hydrogen (secondary N) is 1. The normalized spacial score (nSPS) is 10.9. The first-order chi connectivity index (χ1) is 12.9. The molecular weight excluding hydrogens is 390 g/mol. The first-order valence-electron chi connectivity index (χ1n) is 7.65. The van der Waals surface area contributed by atoms with Gasteiger partial charge in [-0.25, -0.2) is 0 Å². The lowest BCUT2D eigenvalue weighted by molar-refractivity contribution is -0.387. The number of hydrogen-bond acceptors (Lipinski definition) is 6. The van der Waals surface area contributed by atoms with Crippen LogP contribution in [0.15, 0.2) is 52.9 Å². The molecule has 2 N–H and O–H groups in total. The van der Waals surface area contributed by atoms with Crippen LogP contribution in [0.3, 0.4) is 0 Å². The molecule has 0 atom stereocenters. The third kappa shape index (κ3) is 5.82. The maximum absolute atomic E-state index is 12.3. The van der Waals surface area contributed by atoms with Crippen molar-refractivity contribution in [1.82, 2.24) is 0 Å². The molecule has 7 nitrogen and oxygen atoms in total. The number of hydrogen-bond donors (Lipinski definition) is 2. The summed E-state index contributed by atoms with van der Waals surface area (Å²) < 4.78 is 0. The molecule has 138 valence electrons. The Hall–Kier alpha value is -2.86. The van der Waals surface area contributed by atoms with Crippen molar-refractivity contribution in [2.75, 3.05) is 17.7 Å². The Morgan fingerprint density at radius 3 is 2.63 bits per heavy atom. The number of aliphatic hydroxyl groups is 1. The molecule has 2 rings (SSSR count). The summed E-state index contributed by atoms with van der Waals surface area (Å²) in [7, 11) is 0. The van der Waals surface area contributed by atoms with Crippen LogP contribution in [0.25, 0.3) is 6.08 Å². The second kappa shape index (κ2) is 9.73. The number of benzene rings is 2. The van der Waals surface area contributed by atoms with Crippen molar-refractivity contribution in [2.24, 2.45) is 0 Å². The first kappa shape index (κ1) is 20.5. The fraction of sp³-hybridized carbons (Fsp3) is 0.111. The minimum Gasteiger partial charge on any atom is -0.396 e. The molecule has 27 heavy (non-hydrogen) atoms. The molecule has 0 radical (unpaired) electrons. The molecule has 0 spiro atoms. The highest BCUT2D eigenvalue weighted by Crippen LogP contribution is 2.30. The fourth-order valence-corrected chi connectivity index (χ4v) is 2.97. The topological polar surface area (TPSA) is 116 Å². The van der Waals surface area contributed by atoms with Crippen LogP contribution in [0, 0.1) is 21.4 Å². The van der Waals surface area contributed by atoms with Gasteiger partial charge in [-0.05, 0) is 42.0 Å². The van der Waals surface area contributed by atoms with Crippen molar-refractivity contribution in [3.05, 3.63) is 68.7 Å². The molecule has 2 aromatic rings. The molecule has 0 aromatic heterocycles. The van der Waals surface area contributed by atoms with E-state index in [2.05, 4.69) is 5.32 Å². The van der Waals surface area contributed by atoms with Crippen molar-refractivity contribution < 1.29 is 14.8 Å². The molecular formula is C18H14ClN3O4S. The van der Waals surface area contributed by atoms with Crippen LogP contribution in [0.5, 0.6) is 0 Å². The van der Waals surface area contributed by atoms with E-state index in [0.29, 0.717) is 26.9 Å². The summed E-state index contributed by atoms with van der Waals surface area (Å²) >= 11 is 6.93. The molecule has 0 unspecified atom stereocenters. The fourth-order valence-electron chi connectivity index (χ4n) is 2.09. The number of halogens is 1. The molecule has 0 saturated heterocycles. The maximum atomic E-state index is 12.3. The van der Waals surface area contributed by atoms with E-state index in [0.717, 1.165) is 11.8 Å². The molecule has 9 heteroatoms. The zero-order valence-electron chi connectivity index (χ0n) is 13.9. The summed E-state index contributed by atoms with van der Waals surface area (Å²) in [6.07, 6.45) is 1.28. The molecule has 0 bridgehead atoms. The molecule has 0 saturated carbocycles. The number of carbonyl (C=O) groups is 1. The average molecular weight is 404 g/mol. The lowest BCUT2D eigenvalue weighted by Crippen LogP contribution is -2.13. The van der Waals surface area contributed by atoms with Crippen LogP contribution < -0.4 is 5.32 Å². The quantitative estimate of drug-likeness (QED) is 0.238. The van der Waals surface area contributed by atoms with Crippen LogP contribution in [-0.4, -0.2) is 28.3 Å². The average Bonchev–Trinajstić information content (AvgIpc) is 2.66. The van der Waals surface area contributed by atoms with Gasteiger partial charge in [-0.2, -0.15) is 5.26 Å². The summed E-state index contributed by atoms with van der Waals surface area (Å²) in [4.78, 5) is 23.4. The number of nitrogens with zero attached hydrogens (tertiary/aromatic N) is 2. The van der Waals surface area contributed by atoms with Gasteiger partial charge in [0, 0.05) is 22.5 Å². The van der Waals surface area contributed by atoms with E-state index >= 15 is 0 Å². The predicted molar refractivity (Wildman–Crippen MR) is 105 cm³/mol. The molecule has 0 aliphatic rings. The lowest BCUT2D eigenvalue weighted by Gasteiger charge is -2.05. The number of rotatable bonds is 7. The van der Waals surface area contributed by atoms with Crippen molar-refractivity contribution in [2.45, 2.75) is 4.90 Å². The second-order valence-electron chi connectivity index (χ2n) is 5.19. The standard InChI is InChI=1S/C18H14ClN3O4S/c19-14-2-4-15(5-3-14)21-18(24)13(11-20)9-12-1-6-17(27-8-7-23)16(10-12)22(25)26/h1-6,9-10,23H,7-8H2,(H,21,24)/b13-9+. The van der Waals surface area contributed by atoms with E-state index in [1.54, 1.807) is 36.4 Å². The Morgan fingerprint density at radius 1 is 1.33 bits per heavy atom. The number of nitro benzene ring substituents is 1. The molecule has 0 aliphatic heterocycles. The van der Waals surface area contributed by atoms with Gasteiger partial charge in [0.2, 0.25) is 0 Å². The number of thioether (sulfide) groups is 1. The van der Waals surface area contributed by atoms with Gasteiger partial charge < -0.3 is 10.4 Å². The first-order valence-corrected chi connectivity index (χ1v) is 9.01. The Labute approximate surface area is 164 Å². The highest BCUT2D eigenvalue weighted by atomic mass is 35.5. The summed E-state index contributed by atoms with van der Waals surface area (Å²) in [5, 5.41) is 32.5. The van der Waals surface area contributed by atoms with Crippen LogP contribution in [0.2, 0.25) is 5.02 Å². The number of nitriles is 1. The Kier molecular flexibility index (Phi) is 7.37. The highest BCUT2D eigenvalue weighted by molar-refractivity contribution is 7.99. The van der Waals surface area contributed by atoms with Gasteiger partial charge in [-0.15, -0.1) is 11.8 Å². The smallest absolute Gasteiger partial charge is 0.283 e.